The number of hydrogen-bond acceptors (Lipinski definition) is 2. The topological polar surface area (TPSA) is 13.1 Å². The second-order valence-corrected chi connectivity index (χ2v) is 3.88. The van der Waals surface area contributed by atoms with E-state index in [1.54, 1.807) is 13.0 Å². The summed E-state index contributed by atoms with van der Waals surface area (Å²) in [4.78, 5) is 0.728. The molecular weight excluding hydrogens is 212 g/mol. The molecule has 78 valence electrons. The number of furan rings is 1. The van der Waals surface area contributed by atoms with Crippen LogP contribution in [0.25, 0.3) is 0 Å². The minimum atomic E-state index is -4.91. The molecule has 0 unspecified atom stereocenters. The van der Waals surface area contributed by atoms with E-state index in [9.17, 15) is 12.9 Å². The van der Waals surface area contributed by atoms with Gasteiger partial charge in [-0.2, -0.15) is 0 Å². The van der Waals surface area contributed by atoms with Gasteiger partial charge in [-0.15, -0.1) is 23.8 Å². The van der Waals surface area contributed by atoms with Crippen molar-refractivity contribution in [2.24, 2.45) is 0 Å². The summed E-state index contributed by atoms with van der Waals surface area (Å²) in [6.07, 6.45) is 1.46. The van der Waals surface area contributed by atoms with Crippen molar-refractivity contribution in [3.8, 4) is 0 Å². The number of hydrogen-bond donors (Lipinski definition) is 0. The molecule has 0 saturated heterocycles. The van der Waals surface area contributed by atoms with Gasteiger partial charge < -0.3 is 17.4 Å². The summed E-state index contributed by atoms with van der Waals surface area (Å²) in [6.45, 7) is -0.193. The fourth-order valence-electron chi connectivity index (χ4n) is 0.788. The van der Waals surface area contributed by atoms with Crippen LogP contribution < -0.4 is 0 Å². The molecule has 0 saturated carbocycles. The Balaban J connectivity index is 2.50. The molecule has 14 heavy (non-hydrogen) atoms. The molecule has 0 bridgehead atoms. The zero-order valence-electron chi connectivity index (χ0n) is 7.60. The molecule has 0 aromatic carbocycles. The molecule has 0 atom stereocenters. The quantitative estimate of drug-likeness (QED) is 0.568. The summed E-state index contributed by atoms with van der Waals surface area (Å²) in [7, 11) is 0. The second-order valence-electron chi connectivity index (χ2n) is 2.86. The van der Waals surface area contributed by atoms with Gasteiger partial charge in [0.25, 0.3) is 0 Å². The van der Waals surface area contributed by atoms with E-state index in [0.29, 0.717) is 5.76 Å². The summed E-state index contributed by atoms with van der Waals surface area (Å²) >= 11 is 1.09. The van der Waals surface area contributed by atoms with Gasteiger partial charge in [0.1, 0.15) is 5.76 Å². The van der Waals surface area contributed by atoms with Crippen LogP contribution in [0.15, 0.2) is 33.7 Å². The molecule has 1 nitrogen and oxygen atoms in total. The molecule has 1 aromatic rings. The van der Waals surface area contributed by atoms with Gasteiger partial charge in [-0.3, -0.25) is 0 Å². The van der Waals surface area contributed by atoms with Crippen LogP contribution in [0.1, 0.15) is 5.76 Å². The van der Waals surface area contributed by atoms with E-state index in [4.69, 9.17) is 4.42 Å². The van der Waals surface area contributed by atoms with Gasteiger partial charge in [-0.25, -0.2) is 0 Å². The van der Waals surface area contributed by atoms with Crippen molar-refractivity contribution < 1.29 is 17.4 Å². The zero-order valence-corrected chi connectivity index (χ0v) is 8.41. The average Bonchev–Trinajstić information content (AvgIpc) is 2.45. The Morgan fingerprint density at radius 3 is 2.64 bits per heavy atom. The molecule has 0 amide bonds. The van der Waals surface area contributed by atoms with E-state index >= 15 is 0 Å². The maximum absolute atomic E-state index is 12.1. The molecule has 0 N–H and O–H groups in total. The van der Waals surface area contributed by atoms with Gasteiger partial charge >= 0.3 is 6.98 Å². The van der Waals surface area contributed by atoms with Gasteiger partial charge in [0.15, 0.2) is 0 Å². The normalized spacial score (nSPS) is 11.7. The van der Waals surface area contributed by atoms with E-state index in [1.807, 2.05) is 0 Å². The molecule has 0 aliphatic rings. The third-order valence-corrected chi connectivity index (χ3v) is 2.94. The predicted molar refractivity (Wildman–Crippen MR) is 52.4 cm³/mol. The fourth-order valence-corrected chi connectivity index (χ4v) is 1.72. The number of rotatable bonds is 4. The summed E-state index contributed by atoms with van der Waals surface area (Å²) in [6, 6.07) is 1.65. The van der Waals surface area contributed by atoms with Crippen LogP contribution in [0.4, 0.5) is 12.9 Å². The first-order valence-corrected chi connectivity index (χ1v) is 4.94. The first-order valence-electron chi connectivity index (χ1n) is 3.96. The minimum Gasteiger partial charge on any atom is -0.468 e. The highest BCUT2D eigenvalue weighted by atomic mass is 32.2. The lowest BCUT2D eigenvalue weighted by molar-refractivity contribution is 0.491. The Bertz CT molecular complexity index is 332. The van der Waals surface area contributed by atoms with Crippen molar-refractivity contribution in [1.29, 1.82) is 0 Å². The first-order chi connectivity index (χ1) is 6.41. The smallest absolute Gasteiger partial charge is 0.468 e. The Morgan fingerprint density at radius 1 is 1.57 bits per heavy atom. The maximum atomic E-state index is 12.1. The number of thioether (sulfide) groups is 1. The first kappa shape index (κ1) is 11.3. The van der Waals surface area contributed by atoms with E-state index in [2.05, 4.69) is 6.58 Å². The molecule has 1 heterocycles. The molecule has 0 radical (unpaired) electrons. The van der Waals surface area contributed by atoms with E-state index in [-0.39, 0.29) is 5.75 Å². The molecule has 0 aliphatic heterocycles. The Labute approximate surface area is 84.4 Å². The highest BCUT2D eigenvalue weighted by Gasteiger charge is 2.26. The SMILES string of the molecule is C=C(CSc1ccoc1C)[B-](F)(F)F. The second kappa shape index (κ2) is 4.17. The molecule has 1 rings (SSSR count). The van der Waals surface area contributed by atoms with Crippen LogP contribution in [0, 0.1) is 6.92 Å². The van der Waals surface area contributed by atoms with Crippen LogP contribution in [-0.2, 0) is 0 Å². The lowest BCUT2D eigenvalue weighted by Gasteiger charge is -2.16. The molecule has 0 fully saturated rings. The average molecular weight is 221 g/mol. The van der Waals surface area contributed by atoms with Crippen LogP contribution in [-0.4, -0.2) is 12.7 Å². The zero-order chi connectivity index (χ0) is 10.8. The predicted octanol–water partition coefficient (Wildman–Crippen LogP) is 3.62. The summed E-state index contributed by atoms with van der Waals surface area (Å²) in [5, 5.41) is 0. The summed E-state index contributed by atoms with van der Waals surface area (Å²) in [5.41, 5.74) is -0.671. The van der Waals surface area contributed by atoms with Crippen LogP contribution >= 0.6 is 11.8 Å². The Kier molecular flexibility index (Phi) is 3.36. The summed E-state index contributed by atoms with van der Waals surface area (Å²) in [5.74, 6) is 0.502. The van der Waals surface area contributed by atoms with Crippen molar-refractivity contribution in [3.05, 3.63) is 30.1 Å². The molecule has 1 aromatic heterocycles. The van der Waals surface area contributed by atoms with Crippen molar-refractivity contribution >= 4 is 18.7 Å². The summed E-state index contributed by atoms with van der Waals surface area (Å²) < 4.78 is 41.3. The molecule has 0 aliphatic carbocycles. The van der Waals surface area contributed by atoms with Gasteiger partial charge in [0.2, 0.25) is 0 Å². The molecule has 0 spiro atoms. The van der Waals surface area contributed by atoms with E-state index in [1.165, 1.54) is 6.26 Å². The van der Waals surface area contributed by atoms with Crippen molar-refractivity contribution in [2.45, 2.75) is 11.8 Å². The maximum Gasteiger partial charge on any atom is 0.505 e. The van der Waals surface area contributed by atoms with Crippen molar-refractivity contribution in [3.63, 3.8) is 0 Å². The number of aryl methyl sites for hydroxylation is 1. The highest BCUT2D eigenvalue weighted by molar-refractivity contribution is 7.99. The largest absolute Gasteiger partial charge is 0.505 e. The van der Waals surface area contributed by atoms with Gasteiger partial charge in [0.05, 0.1) is 6.26 Å². The van der Waals surface area contributed by atoms with Gasteiger partial charge in [0, 0.05) is 4.90 Å². The van der Waals surface area contributed by atoms with Crippen molar-refractivity contribution in [2.75, 3.05) is 5.75 Å². The third kappa shape index (κ3) is 2.87. The van der Waals surface area contributed by atoms with Crippen molar-refractivity contribution in [1.82, 2.24) is 0 Å². The minimum absolute atomic E-state index is 0.135. The van der Waals surface area contributed by atoms with Crippen LogP contribution in [0.2, 0.25) is 0 Å². The van der Waals surface area contributed by atoms with E-state index in [0.717, 1.165) is 16.7 Å². The highest BCUT2D eigenvalue weighted by Crippen LogP contribution is 2.28. The fraction of sp³-hybridized carbons (Fsp3) is 0.250. The third-order valence-electron chi connectivity index (χ3n) is 1.69. The van der Waals surface area contributed by atoms with Gasteiger partial charge in [-0.05, 0) is 18.7 Å². The number of halogens is 3. The Morgan fingerprint density at radius 2 is 2.21 bits per heavy atom. The standard InChI is InChI=1S/C8H9BF3OS/c1-6(9(10,11)12)5-14-8-3-4-13-7(8)2/h3-4H,1,5H2,2H3/q-1. The lowest BCUT2D eigenvalue weighted by atomic mass is 9.82. The van der Waals surface area contributed by atoms with Gasteiger partial charge in [-0.1, -0.05) is 0 Å². The molecule has 6 heteroatoms. The Hall–Kier alpha value is -0.775. The van der Waals surface area contributed by atoms with Crippen LogP contribution in [0.3, 0.4) is 0 Å². The lowest BCUT2D eigenvalue weighted by Crippen LogP contribution is -2.20. The van der Waals surface area contributed by atoms with E-state index < -0.39 is 12.4 Å². The molecular formula is C8H9BF3OS-. The monoisotopic (exact) mass is 221 g/mol. The van der Waals surface area contributed by atoms with Crippen LogP contribution in [0.5, 0.6) is 0 Å².